The summed E-state index contributed by atoms with van der Waals surface area (Å²) < 4.78 is 5.28. The summed E-state index contributed by atoms with van der Waals surface area (Å²) in [5.41, 5.74) is 2.18. The van der Waals surface area contributed by atoms with Gasteiger partial charge in [0, 0.05) is 37.0 Å². The monoisotopic (exact) mass is 397 g/mol. The van der Waals surface area contributed by atoms with E-state index >= 15 is 0 Å². The fourth-order valence-corrected chi connectivity index (χ4v) is 3.86. The number of amides is 2. The Balaban J connectivity index is 1.86. The number of carbonyl (C=O) groups is 2. The van der Waals surface area contributed by atoms with E-state index in [1.165, 1.54) is 13.2 Å². The van der Waals surface area contributed by atoms with Crippen molar-refractivity contribution in [3.63, 3.8) is 0 Å². The minimum Gasteiger partial charge on any atom is -0.495 e. The van der Waals surface area contributed by atoms with E-state index < -0.39 is 4.92 Å². The van der Waals surface area contributed by atoms with Crippen molar-refractivity contribution in [3.8, 4) is 5.75 Å². The maximum Gasteiger partial charge on any atom is 0.293 e. The second kappa shape index (κ2) is 7.30. The first-order valence-corrected chi connectivity index (χ1v) is 9.04. The molecule has 1 saturated heterocycles. The van der Waals surface area contributed by atoms with Crippen LogP contribution >= 0.6 is 0 Å². The van der Waals surface area contributed by atoms with E-state index in [4.69, 9.17) is 4.74 Å². The Morgan fingerprint density at radius 1 is 1.38 bits per heavy atom. The average molecular weight is 397 g/mol. The molecule has 0 saturated carbocycles. The highest BCUT2D eigenvalue weighted by molar-refractivity contribution is 6.36. The molecule has 1 fully saturated rings. The molecule has 3 N–H and O–H groups in total. The molecule has 0 bridgehead atoms. The van der Waals surface area contributed by atoms with Crippen molar-refractivity contribution in [3.05, 3.63) is 45.8 Å². The van der Waals surface area contributed by atoms with Gasteiger partial charge in [-0.25, -0.2) is 0 Å². The van der Waals surface area contributed by atoms with Crippen molar-refractivity contribution in [2.75, 3.05) is 30.4 Å². The van der Waals surface area contributed by atoms with E-state index in [1.54, 1.807) is 24.4 Å². The molecule has 2 amide bonds. The summed E-state index contributed by atoms with van der Waals surface area (Å²) in [4.78, 5) is 39.6. The predicted octanol–water partition coefficient (Wildman–Crippen LogP) is 1.75. The van der Waals surface area contributed by atoms with E-state index in [0.29, 0.717) is 59.9 Å². The zero-order valence-electron chi connectivity index (χ0n) is 15.6. The summed E-state index contributed by atoms with van der Waals surface area (Å²) in [6.45, 7) is 0.944. The van der Waals surface area contributed by atoms with Crippen molar-refractivity contribution in [1.29, 1.82) is 0 Å². The van der Waals surface area contributed by atoms with Gasteiger partial charge < -0.3 is 25.3 Å². The third-order valence-electron chi connectivity index (χ3n) is 5.17. The van der Waals surface area contributed by atoms with Gasteiger partial charge in [-0.05, 0) is 24.6 Å². The lowest BCUT2D eigenvalue weighted by Crippen LogP contribution is -2.31. The van der Waals surface area contributed by atoms with Gasteiger partial charge in [-0.15, -0.1) is 0 Å². The van der Waals surface area contributed by atoms with Gasteiger partial charge in [0.15, 0.2) is 0 Å². The first-order valence-electron chi connectivity index (χ1n) is 9.04. The molecule has 10 heteroatoms. The molecule has 4 rings (SSSR count). The molecule has 0 radical (unpaired) electrons. The number of rotatable bonds is 6. The number of aromatic nitrogens is 1. The third-order valence-corrected chi connectivity index (χ3v) is 5.17. The van der Waals surface area contributed by atoms with Crippen LogP contribution in [0.2, 0.25) is 0 Å². The fourth-order valence-electron chi connectivity index (χ4n) is 3.86. The van der Waals surface area contributed by atoms with Crippen molar-refractivity contribution < 1.29 is 19.2 Å². The largest absolute Gasteiger partial charge is 0.495 e. The Morgan fingerprint density at radius 3 is 2.93 bits per heavy atom. The Kier molecular flexibility index (Phi) is 4.67. The molecule has 1 atom stereocenters. The Bertz CT molecular complexity index is 1030. The molecular formula is C19H19N5O5. The van der Waals surface area contributed by atoms with Crippen LogP contribution in [-0.4, -0.2) is 48.5 Å². The van der Waals surface area contributed by atoms with Gasteiger partial charge in [0.25, 0.3) is 11.6 Å². The van der Waals surface area contributed by atoms with E-state index in [0.717, 1.165) is 0 Å². The number of ether oxygens (including phenoxy) is 1. The molecule has 1 aromatic heterocycles. The maximum atomic E-state index is 12.7. The van der Waals surface area contributed by atoms with Crippen LogP contribution in [0.15, 0.2) is 24.4 Å². The summed E-state index contributed by atoms with van der Waals surface area (Å²) in [6, 6.07) is 4.56. The van der Waals surface area contributed by atoms with E-state index in [1.807, 2.05) is 4.90 Å². The van der Waals surface area contributed by atoms with Gasteiger partial charge in [0.2, 0.25) is 6.41 Å². The molecule has 3 heterocycles. The SMILES string of the molecule is COc1cc[nH]c1/C=C1\C(=O)Nc2ccc([N+](=O)[O-])c(N3CC[C@@H](NC=O)C3)c21. The van der Waals surface area contributed by atoms with Crippen LogP contribution < -0.4 is 20.3 Å². The number of fused-ring (bicyclic) bond motifs is 1. The summed E-state index contributed by atoms with van der Waals surface area (Å²) in [6.07, 6.45) is 4.60. The lowest BCUT2D eigenvalue weighted by Gasteiger charge is -2.21. The minimum atomic E-state index is -0.453. The number of nitrogens with one attached hydrogen (secondary N) is 3. The zero-order chi connectivity index (χ0) is 20.5. The summed E-state index contributed by atoms with van der Waals surface area (Å²) >= 11 is 0. The molecule has 0 spiro atoms. The first-order chi connectivity index (χ1) is 14.0. The number of H-pyrrole nitrogens is 1. The number of nitrogens with zero attached hydrogens (tertiary/aromatic N) is 2. The molecule has 150 valence electrons. The standard InChI is InChI=1S/C19H19N5O5/c1-29-16-4-6-20-14(16)8-12-17-13(22-19(12)26)2-3-15(24(27)28)18(17)23-7-5-11(9-23)21-10-25/h2-4,6,8,10-11,20H,5,7,9H2,1H3,(H,21,25)(H,22,26)/b12-8-/t11-/m1/s1. The van der Waals surface area contributed by atoms with Gasteiger partial charge in [-0.1, -0.05) is 0 Å². The number of benzene rings is 1. The number of carbonyl (C=O) groups excluding carboxylic acids is 2. The van der Waals surface area contributed by atoms with Crippen LogP contribution in [0.4, 0.5) is 17.1 Å². The Labute approximate surface area is 165 Å². The number of methoxy groups -OCH3 is 1. The number of anilines is 2. The Hall–Kier alpha value is -3.82. The van der Waals surface area contributed by atoms with Gasteiger partial charge in [-0.3, -0.25) is 19.7 Å². The molecule has 29 heavy (non-hydrogen) atoms. The number of nitro benzene ring substituents is 1. The van der Waals surface area contributed by atoms with Gasteiger partial charge in [0.05, 0.1) is 29.0 Å². The molecule has 2 aromatic rings. The summed E-state index contributed by atoms with van der Waals surface area (Å²) in [5, 5.41) is 17.2. The van der Waals surface area contributed by atoms with E-state index in [-0.39, 0.29) is 17.6 Å². The Morgan fingerprint density at radius 2 is 2.21 bits per heavy atom. The zero-order valence-corrected chi connectivity index (χ0v) is 15.6. The lowest BCUT2D eigenvalue weighted by atomic mass is 10.0. The highest BCUT2D eigenvalue weighted by Crippen LogP contribution is 2.46. The number of hydrogen-bond acceptors (Lipinski definition) is 6. The second-order valence-corrected chi connectivity index (χ2v) is 6.80. The average Bonchev–Trinajstić information content (AvgIpc) is 3.41. The van der Waals surface area contributed by atoms with Crippen molar-refractivity contribution >= 4 is 41.0 Å². The lowest BCUT2D eigenvalue weighted by molar-refractivity contribution is -0.384. The van der Waals surface area contributed by atoms with E-state index in [9.17, 15) is 19.7 Å². The summed E-state index contributed by atoms with van der Waals surface area (Å²) in [5.74, 6) is 0.210. The summed E-state index contributed by atoms with van der Waals surface area (Å²) in [7, 11) is 1.52. The van der Waals surface area contributed by atoms with Crippen LogP contribution in [0.25, 0.3) is 11.6 Å². The van der Waals surface area contributed by atoms with Crippen molar-refractivity contribution in [2.24, 2.45) is 0 Å². The van der Waals surface area contributed by atoms with Crippen LogP contribution in [0.3, 0.4) is 0 Å². The number of aromatic amines is 1. The molecule has 2 aliphatic rings. The maximum absolute atomic E-state index is 12.7. The predicted molar refractivity (Wildman–Crippen MR) is 107 cm³/mol. The molecule has 0 aliphatic carbocycles. The van der Waals surface area contributed by atoms with Crippen LogP contribution in [0.5, 0.6) is 5.75 Å². The number of nitro groups is 1. The quantitative estimate of drug-likeness (QED) is 0.295. The highest BCUT2D eigenvalue weighted by atomic mass is 16.6. The first kappa shape index (κ1) is 18.5. The van der Waals surface area contributed by atoms with Crippen molar-refractivity contribution in [2.45, 2.75) is 12.5 Å². The van der Waals surface area contributed by atoms with Gasteiger partial charge >= 0.3 is 0 Å². The molecule has 0 unspecified atom stereocenters. The van der Waals surface area contributed by atoms with Crippen LogP contribution in [-0.2, 0) is 9.59 Å². The van der Waals surface area contributed by atoms with Gasteiger partial charge in [0.1, 0.15) is 11.4 Å². The molecule has 2 aliphatic heterocycles. The minimum absolute atomic E-state index is 0.0867. The fraction of sp³-hybridized carbons (Fsp3) is 0.263. The molecule has 10 nitrogen and oxygen atoms in total. The smallest absolute Gasteiger partial charge is 0.293 e. The highest BCUT2D eigenvalue weighted by Gasteiger charge is 2.37. The molecular weight excluding hydrogens is 378 g/mol. The third kappa shape index (κ3) is 3.18. The number of hydrogen-bond donors (Lipinski definition) is 3. The van der Waals surface area contributed by atoms with Crippen LogP contribution in [0, 0.1) is 10.1 Å². The second-order valence-electron chi connectivity index (χ2n) is 6.80. The molecule has 1 aromatic carbocycles. The van der Waals surface area contributed by atoms with E-state index in [2.05, 4.69) is 15.6 Å². The van der Waals surface area contributed by atoms with Crippen LogP contribution in [0.1, 0.15) is 17.7 Å². The van der Waals surface area contributed by atoms with Crippen molar-refractivity contribution in [1.82, 2.24) is 10.3 Å². The normalized spacial score (nSPS) is 19.2. The van der Waals surface area contributed by atoms with Gasteiger partial charge in [-0.2, -0.15) is 0 Å². The topological polar surface area (TPSA) is 130 Å².